The number of aliphatic hydroxyl groups is 2. The minimum atomic E-state index is -1.31. The van der Waals surface area contributed by atoms with Crippen LogP contribution in [-0.4, -0.2) is 34.5 Å². The Labute approximate surface area is 120 Å². The lowest BCUT2D eigenvalue weighted by atomic mass is 9.95. The first-order valence-corrected chi connectivity index (χ1v) is 7.06. The second-order valence-corrected chi connectivity index (χ2v) is 5.01. The van der Waals surface area contributed by atoms with Crippen LogP contribution in [0.4, 0.5) is 0 Å². The van der Waals surface area contributed by atoms with Gasteiger partial charge in [-0.05, 0) is 12.8 Å². The summed E-state index contributed by atoms with van der Waals surface area (Å²) in [6, 6.07) is 3.95. The van der Waals surface area contributed by atoms with Gasteiger partial charge in [0.05, 0.1) is 25.4 Å². The third-order valence-electron chi connectivity index (χ3n) is 3.26. The Morgan fingerprint density at radius 2 is 1.20 bits per heavy atom. The molecule has 0 rings (SSSR count). The zero-order valence-corrected chi connectivity index (χ0v) is 12.3. The number of aliphatic hydroxyl groups excluding tert-OH is 2. The van der Waals surface area contributed by atoms with Crippen LogP contribution in [0.5, 0.6) is 0 Å². The van der Waals surface area contributed by atoms with Crippen molar-refractivity contribution in [2.45, 2.75) is 63.5 Å². The van der Waals surface area contributed by atoms with Gasteiger partial charge in [0.25, 0.3) is 0 Å². The Morgan fingerprint density at radius 1 is 0.850 bits per heavy atom. The first-order chi connectivity index (χ1) is 9.57. The SMILES string of the molecule is CCCCC(C#N)(CO)N=NC(C#N)(CO)CCCC. The second kappa shape index (κ2) is 9.41. The molecule has 20 heavy (non-hydrogen) atoms. The van der Waals surface area contributed by atoms with Crippen molar-refractivity contribution in [2.24, 2.45) is 10.2 Å². The van der Waals surface area contributed by atoms with E-state index in [4.69, 9.17) is 0 Å². The lowest BCUT2D eigenvalue weighted by Gasteiger charge is -2.22. The van der Waals surface area contributed by atoms with Crippen LogP contribution in [-0.2, 0) is 0 Å². The van der Waals surface area contributed by atoms with Gasteiger partial charge >= 0.3 is 0 Å². The first kappa shape index (κ1) is 18.5. The topological polar surface area (TPSA) is 113 Å². The Kier molecular flexibility index (Phi) is 8.71. The van der Waals surface area contributed by atoms with E-state index < -0.39 is 24.3 Å². The molecule has 112 valence electrons. The highest BCUT2D eigenvalue weighted by molar-refractivity contribution is 5.10. The van der Waals surface area contributed by atoms with E-state index >= 15 is 0 Å². The van der Waals surface area contributed by atoms with Crippen LogP contribution in [0.15, 0.2) is 10.2 Å². The lowest BCUT2D eigenvalue weighted by Crippen LogP contribution is -2.33. The van der Waals surface area contributed by atoms with Gasteiger partial charge in [0.1, 0.15) is 0 Å². The summed E-state index contributed by atoms with van der Waals surface area (Å²) in [7, 11) is 0. The molecule has 0 saturated carbocycles. The Balaban J connectivity index is 5.15. The van der Waals surface area contributed by atoms with Gasteiger partial charge < -0.3 is 10.2 Å². The molecule has 6 heteroatoms. The van der Waals surface area contributed by atoms with Crippen molar-refractivity contribution in [3.63, 3.8) is 0 Å². The van der Waals surface area contributed by atoms with Gasteiger partial charge in [-0.1, -0.05) is 39.5 Å². The van der Waals surface area contributed by atoms with Gasteiger partial charge in [0.2, 0.25) is 0 Å². The van der Waals surface area contributed by atoms with Crippen molar-refractivity contribution in [1.29, 1.82) is 10.5 Å². The van der Waals surface area contributed by atoms with Crippen molar-refractivity contribution < 1.29 is 10.2 Å². The van der Waals surface area contributed by atoms with E-state index in [0.29, 0.717) is 12.8 Å². The minimum absolute atomic E-state index is 0.390. The molecule has 2 N–H and O–H groups in total. The smallest absolute Gasteiger partial charge is 0.190 e. The van der Waals surface area contributed by atoms with Gasteiger partial charge in [0, 0.05) is 0 Å². The van der Waals surface area contributed by atoms with Crippen molar-refractivity contribution in [3.8, 4) is 12.1 Å². The molecule has 0 aliphatic rings. The summed E-state index contributed by atoms with van der Waals surface area (Å²) >= 11 is 0. The summed E-state index contributed by atoms with van der Waals surface area (Å²) < 4.78 is 0. The number of hydrogen-bond donors (Lipinski definition) is 2. The van der Waals surface area contributed by atoms with Gasteiger partial charge in [-0.15, -0.1) is 0 Å². The fourth-order valence-electron chi connectivity index (χ4n) is 1.68. The first-order valence-electron chi connectivity index (χ1n) is 7.06. The maximum Gasteiger partial charge on any atom is 0.190 e. The highest BCUT2D eigenvalue weighted by Gasteiger charge is 2.33. The molecule has 0 saturated heterocycles. The molecule has 0 heterocycles. The summed E-state index contributed by atoms with van der Waals surface area (Å²) in [5.41, 5.74) is -2.61. The van der Waals surface area contributed by atoms with Crippen LogP contribution in [0.1, 0.15) is 52.4 Å². The normalized spacial score (nSPS) is 17.1. The van der Waals surface area contributed by atoms with Crippen molar-refractivity contribution in [3.05, 3.63) is 0 Å². The molecule has 0 amide bonds. The van der Waals surface area contributed by atoms with E-state index in [-0.39, 0.29) is 0 Å². The molecule has 6 nitrogen and oxygen atoms in total. The molecule has 0 spiro atoms. The van der Waals surface area contributed by atoms with Crippen molar-refractivity contribution in [2.75, 3.05) is 13.2 Å². The van der Waals surface area contributed by atoms with Crippen LogP contribution in [0.2, 0.25) is 0 Å². The van der Waals surface area contributed by atoms with Gasteiger partial charge in [-0.25, -0.2) is 0 Å². The third-order valence-corrected chi connectivity index (χ3v) is 3.26. The summed E-state index contributed by atoms with van der Waals surface area (Å²) in [5.74, 6) is 0. The molecule has 2 unspecified atom stereocenters. The van der Waals surface area contributed by atoms with Crippen LogP contribution in [0.3, 0.4) is 0 Å². The fourth-order valence-corrected chi connectivity index (χ4v) is 1.68. The van der Waals surface area contributed by atoms with Gasteiger partial charge in [-0.3, -0.25) is 0 Å². The molecule has 0 aromatic rings. The molecule has 0 bridgehead atoms. The fraction of sp³-hybridized carbons (Fsp3) is 0.857. The van der Waals surface area contributed by atoms with Crippen LogP contribution in [0, 0.1) is 22.7 Å². The van der Waals surface area contributed by atoms with Gasteiger partial charge in [0.15, 0.2) is 11.1 Å². The predicted octanol–water partition coefficient (Wildman–Crippen LogP) is 2.33. The maximum atomic E-state index is 9.40. The van der Waals surface area contributed by atoms with E-state index in [1.54, 1.807) is 0 Å². The summed E-state index contributed by atoms with van der Waals surface area (Å²) in [6.45, 7) is 3.08. The van der Waals surface area contributed by atoms with E-state index in [2.05, 4.69) is 10.2 Å². The number of rotatable bonds is 10. The molecular weight excluding hydrogens is 256 g/mol. The number of hydrogen-bond acceptors (Lipinski definition) is 6. The Morgan fingerprint density at radius 3 is 1.40 bits per heavy atom. The number of nitrogens with zero attached hydrogens (tertiary/aromatic N) is 4. The largest absolute Gasteiger partial charge is 0.393 e. The van der Waals surface area contributed by atoms with Crippen LogP contribution < -0.4 is 0 Å². The Hall–Kier alpha value is -1.50. The zero-order valence-electron chi connectivity index (χ0n) is 12.3. The number of unbranched alkanes of at least 4 members (excludes halogenated alkanes) is 2. The molecule has 0 fully saturated rings. The summed E-state index contributed by atoms with van der Waals surface area (Å²) in [5, 5.41) is 45.1. The molecule has 0 radical (unpaired) electrons. The third kappa shape index (κ3) is 5.24. The van der Waals surface area contributed by atoms with E-state index in [0.717, 1.165) is 25.7 Å². The number of nitriles is 2. The average molecular weight is 280 g/mol. The second-order valence-electron chi connectivity index (χ2n) is 5.01. The minimum Gasteiger partial charge on any atom is -0.393 e. The van der Waals surface area contributed by atoms with Crippen molar-refractivity contribution in [1.82, 2.24) is 0 Å². The monoisotopic (exact) mass is 280 g/mol. The maximum absolute atomic E-state index is 9.40. The summed E-state index contributed by atoms with van der Waals surface area (Å²) in [4.78, 5) is 0. The molecule has 0 aromatic heterocycles. The molecule has 0 aliphatic carbocycles. The highest BCUT2D eigenvalue weighted by atomic mass is 16.3. The Bertz CT molecular complexity index is 350. The van der Waals surface area contributed by atoms with E-state index in [9.17, 15) is 20.7 Å². The van der Waals surface area contributed by atoms with Crippen molar-refractivity contribution >= 4 is 0 Å². The molecule has 0 aliphatic heterocycles. The van der Waals surface area contributed by atoms with E-state index in [1.807, 2.05) is 26.0 Å². The average Bonchev–Trinajstić information content (AvgIpc) is 2.51. The zero-order chi connectivity index (χ0) is 15.5. The quantitative estimate of drug-likeness (QED) is 0.598. The molecular formula is C14H24N4O2. The molecule has 0 aromatic carbocycles. The van der Waals surface area contributed by atoms with Crippen LogP contribution >= 0.6 is 0 Å². The lowest BCUT2D eigenvalue weighted by molar-refractivity contribution is 0.193. The van der Waals surface area contributed by atoms with Gasteiger partial charge in [-0.2, -0.15) is 20.8 Å². The number of azo groups is 1. The molecule has 2 atom stereocenters. The summed E-state index contributed by atoms with van der Waals surface area (Å²) in [6.07, 6.45) is 4.00. The highest BCUT2D eigenvalue weighted by Crippen LogP contribution is 2.24. The van der Waals surface area contributed by atoms with Crippen LogP contribution in [0.25, 0.3) is 0 Å². The standard InChI is InChI=1S/C14H24N4O2/c1-3-5-7-13(9-15,11-19)17-18-14(10-16,12-20)8-6-4-2/h19-20H,3-8,11-12H2,1-2H3. The van der Waals surface area contributed by atoms with E-state index in [1.165, 1.54) is 0 Å². The predicted molar refractivity (Wildman–Crippen MR) is 74.8 cm³/mol.